The summed E-state index contributed by atoms with van der Waals surface area (Å²) in [5.41, 5.74) is 4.55. The molecule has 0 aliphatic carbocycles. The van der Waals surface area contributed by atoms with Gasteiger partial charge in [0.05, 0.1) is 17.3 Å². The van der Waals surface area contributed by atoms with Crippen molar-refractivity contribution in [3.05, 3.63) is 34.1 Å². The standard InChI is InChI=1S/C13H15BrN2O/c1-8-13(9(2)16(3)15-8)10-5-6-12(17-4)11(14)7-10/h5-7H,1-4H3. The highest BCUT2D eigenvalue weighted by Crippen LogP contribution is 2.33. The smallest absolute Gasteiger partial charge is 0.133 e. The predicted octanol–water partition coefficient (Wildman–Crippen LogP) is 3.48. The molecule has 1 aromatic heterocycles. The molecule has 0 aliphatic heterocycles. The molecule has 0 saturated carbocycles. The first-order valence-corrected chi connectivity index (χ1v) is 6.18. The summed E-state index contributed by atoms with van der Waals surface area (Å²) in [5, 5.41) is 4.43. The second kappa shape index (κ2) is 4.53. The van der Waals surface area contributed by atoms with Crippen LogP contribution >= 0.6 is 15.9 Å². The van der Waals surface area contributed by atoms with Crippen LogP contribution in [-0.2, 0) is 7.05 Å². The van der Waals surface area contributed by atoms with Gasteiger partial charge in [-0.05, 0) is 47.5 Å². The number of aromatic nitrogens is 2. The summed E-state index contributed by atoms with van der Waals surface area (Å²) in [5.74, 6) is 0.841. The molecule has 17 heavy (non-hydrogen) atoms. The molecular formula is C13H15BrN2O. The Labute approximate surface area is 110 Å². The number of nitrogens with zero attached hydrogens (tertiary/aromatic N) is 2. The van der Waals surface area contributed by atoms with Gasteiger partial charge < -0.3 is 4.74 Å². The van der Waals surface area contributed by atoms with Gasteiger partial charge in [0.15, 0.2) is 0 Å². The summed E-state index contributed by atoms with van der Waals surface area (Å²) in [7, 11) is 3.63. The Morgan fingerprint density at radius 2 is 2.00 bits per heavy atom. The summed E-state index contributed by atoms with van der Waals surface area (Å²) >= 11 is 3.51. The third kappa shape index (κ3) is 2.09. The lowest BCUT2D eigenvalue weighted by Crippen LogP contribution is -1.92. The quantitative estimate of drug-likeness (QED) is 0.848. The maximum Gasteiger partial charge on any atom is 0.133 e. The Morgan fingerprint density at radius 3 is 2.47 bits per heavy atom. The second-order valence-corrected chi connectivity index (χ2v) is 4.87. The van der Waals surface area contributed by atoms with Crippen LogP contribution in [0.15, 0.2) is 22.7 Å². The van der Waals surface area contributed by atoms with Crippen molar-refractivity contribution in [2.24, 2.45) is 7.05 Å². The molecule has 0 bridgehead atoms. The topological polar surface area (TPSA) is 27.1 Å². The Kier molecular flexibility index (Phi) is 3.24. The van der Waals surface area contributed by atoms with Crippen LogP contribution in [0.2, 0.25) is 0 Å². The average Bonchev–Trinajstić information content (AvgIpc) is 2.53. The van der Waals surface area contributed by atoms with Crippen LogP contribution in [0.1, 0.15) is 11.4 Å². The summed E-state index contributed by atoms with van der Waals surface area (Å²) in [6.45, 7) is 4.11. The van der Waals surface area contributed by atoms with Gasteiger partial charge in [0.1, 0.15) is 5.75 Å². The van der Waals surface area contributed by atoms with E-state index in [1.807, 2.05) is 24.7 Å². The minimum atomic E-state index is 0.841. The van der Waals surface area contributed by atoms with Crippen molar-refractivity contribution in [2.45, 2.75) is 13.8 Å². The first kappa shape index (κ1) is 12.2. The monoisotopic (exact) mass is 294 g/mol. The van der Waals surface area contributed by atoms with Crippen molar-refractivity contribution in [2.75, 3.05) is 7.11 Å². The van der Waals surface area contributed by atoms with Crippen molar-refractivity contribution < 1.29 is 4.74 Å². The van der Waals surface area contributed by atoms with E-state index in [0.29, 0.717) is 0 Å². The van der Waals surface area contributed by atoms with Gasteiger partial charge >= 0.3 is 0 Å². The number of aryl methyl sites for hydroxylation is 2. The van der Waals surface area contributed by atoms with E-state index in [0.717, 1.165) is 21.5 Å². The van der Waals surface area contributed by atoms with Crippen LogP contribution < -0.4 is 4.74 Å². The van der Waals surface area contributed by atoms with E-state index in [1.165, 1.54) is 11.3 Å². The first-order chi connectivity index (χ1) is 8.04. The van der Waals surface area contributed by atoms with E-state index in [1.54, 1.807) is 7.11 Å². The van der Waals surface area contributed by atoms with Gasteiger partial charge in [-0.1, -0.05) is 6.07 Å². The fourth-order valence-electron chi connectivity index (χ4n) is 2.01. The molecule has 3 nitrogen and oxygen atoms in total. The molecule has 4 heteroatoms. The lowest BCUT2D eigenvalue weighted by Gasteiger charge is -2.07. The van der Waals surface area contributed by atoms with E-state index in [9.17, 15) is 0 Å². The van der Waals surface area contributed by atoms with Crippen LogP contribution in [0.25, 0.3) is 11.1 Å². The molecule has 0 unspecified atom stereocenters. The van der Waals surface area contributed by atoms with Crippen molar-refractivity contribution >= 4 is 15.9 Å². The van der Waals surface area contributed by atoms with Gasteiger partial charge in [-0.3, -0.25) is 4.68 Å². The summed E-state index contributed by atoms with van der Waals surface area (Å²) < 4.78 is 8.10. The molecule has 90 valence electrons. The molecule has 2 aromatic rings. The Morgan fingerprint density at radius 1 is 1.29 bits per heavy atom. The van der Waals surface area contributed by atoms with E-state index < -0.39 is 0 Å². The zero-order chi connectivity index (χ0) is 12.6. The molecule has 1 heterocycles. The summed E-state index contributed by atoms with van der Waals surface area (Å²) in [6, 6.07) is 6.09. The second-order valence-electron chi connectivity index (χ2n) is 4.02. The van der Waals surface area contributed by atoms with Crippen molar-refractivity contribution in [1.82, 2.24) is 9.78 Å². The number of halogens is 1. The fraction of sp³-hybridized carbons (Fsp3) is 0.308. The van der Waals surface area contributed by atoms with Crippen molar-refractivity contribution in [1.29, 1.82) is 0 Å². The minimum Gasteiger partial charge on any atom is -0.496 e. The number of benzene rings is 1. The minimum absolute atomic E-state index is 0.841. The van der Waals surface area contributed by atoms with E-state index in [2.05, 4.69) is 40.1 Å². The molecule has 0 saturated heterocycles. The highest BCUT2D eigenvalue weighted by molar-refractivity contribution is 9.10. The highest BCUT2D eigenvalue weighted by Gasteiger charge is 2.12. The third-order valence-electron chi connectivity index (χ3n) is 2.95. The number of hydrogen-bond acceptors (Lipinski definition) is 2. The molecule has 0 radical (unpaired) electrons. The maximum atomic E-state index is 5.23. The van der Waals surface area contributed by atoms with Crippen LogP contribution in [0.4, 0.5) is 0 Å². The van der Waals surface area contributed by atoms with Gasteiger partial charge in [-0.25, -0.2) is 0 Å². The third-order valence-corrected chi connectivity index (χ3v) is 3.57. The molecule has 0 spiro atoms. The number of ether oxygens (including phenoxy) is 1. The Hall–Kier alpha value is -1.29. The van der Waals surface area contributed by atoms with Crippen molar-refractivity contribution in [3.8, 4) is 16.9 Å². The van der Waals surface area contributed by atoms with E-state index in [-0.39, 0.29) is 0 Å². The lowest BCUT2D eigenvalue weighted by molar-refractivity contribution is 0.412. The molecule has 0 atom stereocenters. The summed E-state index contributed by atoms with van der Waals surface area (Å²) in [6.07, 6.45) is 0. The highest BCUT2D eigenvalue weighted by atomic mass is 79.9. The van der Waals surface area contributed by atoms with Crippen LogP contribution in [-0.4, -0.2) is 16.9 Å². The molecule has 0 amide bonds. The molecular weight excluding hydrogens is 280 g/mol. The first-order valence-electron chi connectivity index (χ1n) is 5.38. The lowest BCUT2D eigenvalue weighted by atomic mass is 10.0. The number of rotatable bonds is 2. The Balaban J connectivity index is 2.57. The summed E-state index contributed by atoms with van der Waals surface area (Å²) in [4.78, 5) is 0. The Bertz CT molecular complexity index is 561. The van der Waals surface area contributed by atoms with E-state index >= 15 is 0 Å². The molecule has 1 aromatic carbocycles. The van der Waals surface area contributed by atoms with Gasteiger partial charge in [0.2, 0.25) is 0 Å². The van der Waals surface area contributed by atoms with Gasteiger partial charge in [-0.15, -0.1) is 0 Å². The van der Waals surface area contributed by atoms with Crippen LogP contribution in [0, 0.1) is 13.8 Å². The fourth-order valence-corrected chi connectivity index (χ4v) is 2.55. The zero-order valence-corrected chi connectivity index (χ0v) is 12.0. The van der Waals surface area contributed by atoms with Gasteiger partial charge in [0, 0.05) is 18.3 Å². The van der Waals surface area contributed by atoms with Gasteiger partial charge in [-0.2, -0.15) is 5.10 Å². The molecule has 0 N–H and O–H groups in total. The number of methoxy groups -OCH3 is 1. The molecule has 2 rings (SSSR count). The SMILES string of the molecule is COc1ccc(-c2c(C)nn(C)c2C)cc1Br. The maximum absolute atomic E-state index is 5.23. The van der Waals surface area contributed by atoms with Crippen molar-refractivity contribution in [3.63, 3.8) is 0 Å². The van der Waals surface area contributed by atoms with Crippen LogP contribution in [0.3, 0.4) is 0 Å². The predicted molar refractivity (Wildman–Crippen MR) is 72.4 cm³/mol. The largest absolute Gasteiger partial charge is 0.496 e. The van der Waals surface area contributed by atoms with Crippen LogP contribution in [0.5, 0.6) is 5.75 Å². The zero-order valence-electron chi connectivity index (χ0n) is 10.4. The molecule has 0 fully saturated rings. The van der Waals surface area contributed by atoms with E-state index in [4.69, 9.17) is 4.74 Å². The van der Waals surface area contributed by atoms with Gasteiger partial charge in [0.25, 0.3) is 0 Å². The number of hydrogen-bond donors (Lipinski definition) is 0. The average molecular weight is 295 g/mol. The molecule has 0 aliphatic rings. The normalized spacial score (nSPS) is 10.6.